The molecular formula is C23H22BrNO4. The van der Waals surface area contributed by atoms with Gasteiger partial charge in [-0.15, -0.1) is 0 Å². The summed E-state index contributed by atoms with van der Waals surface area (Å²) in [4.78, 5) is 12.7. The van der Waals surface area contributed by atoms with Gasteiger partial charge in [-0.25, -0.2) is 0 Å². The standard InChI is InChI=1S/C23H22BrNO4/c1-27-13-14-28-22-12-7-18(24)15-21(22)23(26)25-19-8-10-20(11-9-19)29-16-17-5-3-2-4-6-17/h2-12,15H,13-14,16H2,1H3,(H,25,26). The van der Waals surface area contributed by atoms with Crippen LogP contribution in [0.4, 0.5) is 5.69 Å². The number of ether oxygens (including phenoxy) is 3. The monoisotopic (exact) mass is 455 g/mol. The Hall–Kier alpha value is -2.83. The maximum absolute atomic E-state index is 12.7. The summed E-state index contributed by atoms with van der Waals surface area (Å²) in [6.07, 6.45) is 0. The molecule has 0 saturated heterocycles. The van der Waals surface area contributed by atoms with Gasteiger partial charge in [0.15, 0.2) is 0 Å². The number of carbonyl (C=O) groups excluding carboxylic acids is 1. The number of amides is 1. The number of nitrogens with one attached hydrogen (secondary N) is 1. The Morgan fingerprint density at radius 3 is 2.41 bits per heavy atom. The Kier molecular flexibility index (Phi) is 7.67. The molecule has 0 bridgehead atoms. The van der Waals surface area contributed by atoms with Gasteiger partial charge in [0.25, 0.3) is 5.91 Å². The second-order valence-corrected chi connectivity index (χ2v) is 7.15. The third-order valence-corrected chi connectivity index (χ3v) is 4.59. The van der Waals surface area contributed by atoms with E-state index in [0.29, 0.717) is 36.8 Å². The highest BCUT2D eigenvalue weighted by Crippen LogP contribution is 2.25. The van der Waals surface area contributed by atoms with Crippen molar-refractivity contribution in [2.24, 2.45) is 0 Å². The second kappa shape index (κ2) is 10.6. The highest BCUT2D eigenvalue weighted by molar-refractivity contribution is 9.10. The average molecular weight is 456 g/mol. The number of hydrogen-bond acceptors (Lipinski definition) is 4. The Bertz CT molecular complexity index is 929. The molecule has 0 spiro atoms. The lowest BCUT2D eigenvalue weighted by Gasteiger charge is -2.12. The van der Waals surface area contributed by atoms with Crippen molar-refractivity contribution in [3.8, 4) is 11.5 Å². The molecule has 1 amide bonds. The highest BCUT2D eigenvalue weighted by Gasteiger charge is 2.14. The summed E-state index contributed by atoms with van der Waals surface area (Å²) in [6, 6.07) is 22.5. The molecule has 0 radical (unpaired) electrons. The van der Waals surface area contributed by atoms with E-state index in [2.05, 4.69) is 21.2 Å². The molecule has 0 saturated carbocycles. The van der Waals surface area contributed by atoms with Gasteiger partial charge in [0, 0.05) is 17.3 Å². The molecule has 3 aromatic rings. The summed E-state index contributed by atoms with van der Waals surface area (Å²) in [5.74, 6) is 0.986. The smallest absolute Gasteiger partial charge is 0.259 e. The zero-order valence-corrected chi connectivity index (χ0v) is 17.6. The van der Waals surface area contributed by atoms with Crippen molar-refractivity contribution >= 4 is 27.5 Å². The van der Waals surface area contributed by atoms with Gasteiger partial charge in [0.1, 0.15) is 24.7 Å². The molecule has 3 rings (SSSR count). The van der Waals surface area contributed by atoms with Crippen molar-refractivity contribution in [1.29, 1.82) is 0 Å². The van der Waals surface area contributed by atoms with Crippen molar-refractivity contribution in [3.05, 3.63) is 88.4 Å². The number of benzene rings is 3. The Labute approximate surface area is 178 Å². The van der Waals surface area contributed by atoms with E-state index in [1.165, 1.54) is 0 Å². The van der Waals surface area contributed by atoms with Crippen LogP contribution in [0, 0.1) is 0 Å². The molecule has 5 nitrogen and oxygen atoms in total. The van der Waals surface area contributed by atoms with Crippen LogP contribution in [0.1, 0.15) is 15.9 Å². The quantitative estimate of drug-likeness (QED) is 0.444. The maximum Gasteiger partial charge on any atom is 0.259 e. The third kappa shape index (κ3) is 6.34. The first-order valence-corrected chi connectivity index (χ1v) is 9.94. The first-order chi connectivity index (χ1) is 14.2. The highest BCUT2D eigenvalue weighted by atomic mass is 79.9. The first-order valence-electron chi connectivity index (χ1n) is 9.15. The van der Waals surface area contributed by atoms with E-state index < -0.39 is 0 Å². The summed E-state index contributed by atoms with van der Waals surface area (Å²) >= 11 is 3.40. The minimum absolute atomic E-state index is 0.253. The van der Waals surface area contributed by atoms with Gasteiger partial charge < -0.3 is 19.5 Å². The van der Waals surface area contributed by atoms with E-state index in [9.17, 15) is 4.79 Å². The Morgan fingerprint density at radius 1 is 0.931 bits per heavy atom. The largest absolute Gasteiger partial charge is 0.490 e. The van der Waals surface area contributed by atoms with Gasteiger partial charge in [-0.3, -0.25) is 4.79 Å². The van der Waals surface area contributed by atoms with Crippen LogP contribution in [0.3, 0.4) is 0 Å². The zero-order valence-electron chi connectivity index (χ0n) is 16.1. The first kappa shape index (κ1) is 20.9. The molecular weight excluding hydrogens is 434 g/mol. The molecule has 0 unspecified atom stereocenters. The average Bonchev–Trinajstić information content (AvgIpc) is 2.75. The molecule has 0 heterocycles. The van der Waals surface area contributed by atoms with Crippen molar-refractivity contribution in [1.82, 2.24) is 0 Å². The molecule has 0 aromatic heterocycles. The molecule has 6 heteroatoms. The van der Waals surface area contributed by atoms with Crippen LogP contribution in [0.15, 0.2) is 77.3 Å². The van der Waals surface area contributed by atoms with Gasteiger partial charge in [-0.05, 0) is 48.0 Å². The van der Waals surface area contributed by atoms with E-state index in [1.807, 2.05) is 60.7 Å². The lowest BCUT2D eigenvalue weighted by atomic mass is 10.2. The summed E-state index contributed by atoms with van der Waals surface area (Å²) in [5.41, 5.74) is 2.21. The molecule has 0 atom stereocenters. The number of halogens is 1. The topological polar surface area (TPSA) is 56.8 Å². The van der Waals surface area contributed by atoms with Crippen LogP contribution in [0.5, 0.6) is 11.5 Å². The lowest BCUT2D eigenvalue weighted by molar-refractivity contribution is 0.101. The minimum Gasteiger partial charge on any atom is -0.490 e. The van der Waals surface area contributed by atoms with Gasteiger partial charge in [-0.2, -0.15) is 0 Å². The van der Waals surface area contributed by atoms with Crippen molar-refractivity contribution < 1.29 is 19.0 Å². The van der Waals surface area contributed by atoms with Crippen LogP contribution < -0.4 is 14.8 Å². The maximum atomic E-state index is 12.7. The van der Waals surface area contributed by atoms with Crippen LogP contribution >= 0.6 is 15.9 Å². The van der Waals surface area contributed by atoms with E-state index in [1.54, 1.807) is 19.2 Å². The van der Waals surface area contributed by atoms with Crippen molar-refractivity contribution in [2.75, 3.05) is 25.6 Å². The van der Waals surface area contributed by atoms with Crippen LogP contribution in [-0.2, 0) is 11.3 Å². The van der Waals surface area contributed by atoms with E-state index in [0.717, 1.165) is 15.8 Å². The van der Waals surface area contributed by atoms with Gasteiger partial charge in [0.2, 0.25) is 0 Å². The predicted octanol–water partition coefficient (Wildman–Crippen LogP) is 5.31. The van der Waals surface area contributed by atoms with Crippen LogP contribution in [0.2, 0.25) is 0 Å². The molecule has 1 N–H and O–H groups in total. The minimum atomic E-state index is -0.253. The summed E-state index contributed by atoms with van der Waals surface area (Å²) in [6.45, 7) is 1.31. The number of methoxy groups -OCH3 is 1. The second-order valence-electron chi connectivity index (χ2n) is 6.23. The van der Waals surface area contributed by atoms with Crippen LogP contribution in [-0.4, -0.2) is 26.2 Å². The van der Waals surface area contributed by atoms with Crippen LogP contribution in [0.25, 0.3) is 0 Å². The van der Waals surface area contributed by atoms with Gasteiger partial charge in [-0.1, -0.05) is 46.3 Å². The number of rotatable bonds is 9. The molecule has 0 fully saturated rings. The van der Waals surface area contributed by atoms with E-state index in [4.69, 9.17) is 14.2 Å². The molecule has 3 aromatic carbocycles. The Morgan fingerprint density at radius 2 is 1.69 bits per heavy atom. The lowest BCUT2D eigenvalue weighted by Crippen LogP contribution is -2.15. The van der Waals surface area contributed by atoms with Gasteiger partial charge in [0.05, 0.1) is 12.2 Å². The SMILES string of the molecule is COCCOc1ccc(Br)cc1C(=O)Nc1ccc(OCc2ccccc2)cc1. The normalized spacial score (nSPS) is 10.4. The van der Waals surface area contributed by atoms with Gasteiger partial charge >= 0.3 is 0 Å². The third-order valence-electron chi connectivity index (χ3n) is 4.09. The number of anilines is 1. The number of hydrogen-bond donors (Lipinski definition) is 1. The number of carbonyl (C=O) groups is 1. The summed E-state index contributed by atoms with van der Waals surface area (Å²) in [5, 5.41) is 2.89. The summed E-state index contributed by atoms with van der Waals surface area (Å²) < 4.78 is 17.2. The van der Waals surface area contributed by atoms with E-state index >= 15 is 0 Å². The van der Waals surface area contributed by atoms with Crippen molar-refractivity contribution in [2.45, 2.75) is 6.61 Å². The zero-order chi connectivity index (χ0) is 20.5. The van der Waals surface area contributed by atoms with E-state index in [-0.39, 0.29) is 5.91 Å². The predicted molar refractivity (Wildman–Crippen MR) is 117 cm³/mol. The molecule has 29 heavy (non-hydrogen) atoms. The fourth-order valence-corrected chi connectivity index (χ4v) is 2.98. The summed E-state index contributed by atoms with van der Waals surface area (Å²) in [7, 11) is 1.60. The molecule has 0 aliphatic rings. The molecule has 150 valence electrons. The Balaban J connectivity index is 1.62. The van der Waals surface area contributed by atoms with Crippen molar-refractivity contribution in [3.63, 3.8) is 0 Å². The fourth-order valence-electron chi connectivity index (χ4n) is 2.61. The fraction of sp³-hybridized carbons (Fsp3) is 0.174. The molecule has 0 aliphatic heterocycles. The molecule has 0 aliphatic carbocycles.